The summed E-state index contributed by atoms with van der Waals surface area (Å²) in [5, 5.41) is 5.98. The van der Waals surface area contributed by atoms with Crippen LogP contribution in [-0.4, -0.2) is 7.05 Å². The molecule has 1 atom stereocenters. The van der Waals surface area contributed by atoms with Crippen molar-refractivity contribution in [2.24, 2.45) is 0 Å². The molecular formula is C18H15BrIN. The van der Waals surface area contributed by atoms with Crippen LogP contribution in [0.1, 0.15) is 17.2 Å². The number of hydrogen-bond acceptors (Lipinski definition) is 1. The van der Waals surface area contributed by atoms with Gasteiger partial charge in [0.25, 0.3) is 0 Å². The summed E-state index contributed by atoms with van der Waals surface area (Å²) < 4.78 is 2.38. The van der Waals surface area contributed by atoms with Crippen molar-refractivity contribution in [3.63, 3.8) is 0 Å². The van der Waals surface area contributed by atoms with E-state index >= 15 is 0 Å². The second-order valence-corrected chi connectivity index (χ2v) is 7.09. The molecule has 0 aliphatic carbocycles. The van der Waals surface area contributed by atoms with E-state index in [0.717, 1.165) is 4.47 Å². The molecule has 0 amide bonds. The quantitative estimate of drug-likeness (QED) is 0.517. The van der Waals surface area contributed by atoms with Gasteiger partial charge in [0, 0.05) is 8.04 Å². The SMILES string of the molecule is CNC(c1ccc2ccccc2c1)c1cc(I)ccc1Br. The zero-order chi connectivity index (χ0) is 14.8. The van der Waals surface area contributed by atoms with Crippen molar-refractivity contribution < 1.29 is 0 Å². The number of benzene rings is 3. The third kappa shape index (κ3) is 3.15. The number of rotatable bonds is 3. The summed E-state index contributed by atoms with van der Waals surface area (Å²) in [4.78, 5) is 0. The lowest BCUT2D eigenvalue weighted by Crippen LogP contribution is -2.18. The Morgan fingerprint density at radius 3 is 2.48 bits per heavy atom. The van der Waals surface area contributed by atoms with Gasteiger partial charge in [-0.15, -0.1) is 0 Å². The molecule has 0 aliphatic heterocycles. The van der Waals surface area contributed by atoms with E-state index < -0.39 is 0 Å². The average Bonchev–Trinajstić information content (AvgIpc) is 2.51. The first-order valence-electron chi connectivity index (χ1n) is 6.80. The lowest BCUT2D eigenvalue weighted by atomic mass is 9.96. The van der Waals surface area contributed by atoms with Crippen LogP contribution in [0.3, 0.4) is 0 Å². The summed E-state index contributed by atoms with van der Waals surface area (Å²) in [5.74, 6) is 0. The molecule has 3 aromatic rings. The van der Waals surface area contributed by atoms with Crippen molar-refractivity contribution in [3.05, 3.63) is 79.8 Å². The van der Waals surface area contributed by atoms with Gasteiger partial charge in [0.05, 0.1) is 6.04 Å². The lowest BCUT2D eigenvalue weighted by Gasteiger charge is -2.19. The fourth-order valence-corrected chi connectivity index (χ4v) is 3.62. The van der Waals surface area contributed by atoms with E-state index in [1.54, 1.807) is 0 Å². The Labute approximate surface area is 147 Å². The monoisotopic (exact) mass is 451 g/mol. The Kier molecular flexibility index (Phi) is 4.62. The average molecular weight is 452 g/mol. The van der Waals surface area contributed by atoms with E-state index in [9.17, 15) is 0 Å². The minimum Gasteiger partial charge on any atom is -0.309 e. The second-order valence-electron chi connectivity index (χ2n) is 4.99. The molecule has 3 rings (SSSR count). The fraction of sp³-hybridized carbons (Fsp3) is 0.111. The minimum atomic E-state index is 0.179. The molecule has 1 N–H and O–H groups in total. The van der Waals surface area contributed by atoms with E-state index in [0.29, 0.717) is 0 Å². The summed E-state index contributed by atoms with van der Waals surface area (Å²) >= 11 is 6.03. The highest BCUT2D eigenvalue weighted by molar-refractivity contribution is 14.1. The van der Waals surface area contributed by atoms with E-state index in [4.69, 9.17) is 0 Å². The zero-order valence-corrected chi connectivity index (χ0v) is 15.4. The summed E-state index contributed by atoms with van der Waals surface area (Å²) in [6.45, 7) is 0. The summed E-state index contributed by atoms with van der Waals surface area (Å²) in [6, 6.07) is 21.8. The van der Waals surface area contributed by atoms with Crippen LogP contribution in [0.15, 0.2) is 65.1 Å². The standard InChI is InChI=1S/C18H15BrIN/c1-21-18(16-11-15(20)8-9-17(16)19)14-7-6-12-4-2-3-5-13(12)10-14/h2-11,18,21H,1H3. The van der Waals surface area contributed by atoms with Crippen molar-refractivity contribution in [3.8, 4) is 0 Å². The Morgan fingerprint density at radius 2 is 1.71 bits per heavy atom. The molecule has 1 unspecified atom stereocenters. The molecule has 0 heterocycles. The van der Waals surface area contributed by atoms with Gasteiger partial charge >= 0.3 is 0 Å². The molecule has 0 saturated heterocycles. The maximum Gasteiger partial charge on any atom is 0.0586 e. The van der Waals surface area contributed by atoms with Gasteiger partial charge in [-0.25, -0.2) is 0 Å². The molecular weight excluding hydrogens is 437 g/mol. The van der Waals surface area contributed by atoms with E-state index in [-0.39, 0.29) is 6.04 Å². The van der Waals surface area contributed by atoms with Crippen molar-refractivity contribution >= 4 is 49.3 Å². The van der Waals surface area contributed by atoms with Gasteiger partial charge in [-0.1, -0.05) is 52.3 Å². The van der Waals surface area contributed by atoms with E-state index in [1.165, 1.54) is 25.5 Å². The zero-order valence-electron chi connectivity index (χ0n) is 11.6. The number of hydrogen-bond donors (Lipinski definition) is 1. The van der Waals surface area contributed by atoms with Crippen LogP contribution in [0.2, 0.25) is 0 Å². The summed E-state index contributed by atoms with van der Waals surface area (Å²) in [5.41, 5.74) is 2.54. The smallest absolute Gasteiger partial charge is 0.0586 e. The van der Waals surface area contributed by atoms with Gasteiger partial charge in [0.15, 0.2) is 0 Å². The fourth-order valence-electron chi connectivity index (χ4n) is 2.62. The minimum absolute atomic E-state index is 0.179. The first-order chi connectivity index (χ1) is 10.2. The van der Waals surface area contributed by atoms with Crippen LogP contribution < -0.4 is 5.32 Å². The van der Waals surface area contributed by atoms with Crippen molar-refractivity contribution in [2.75, 3.05) is 7.05 Å². The second kappa shape index (κ2) is 6.46. The summed E-state index contributed by atoms with van der Waals surface area (Å²) in [6.07, 6.45) is 0. The molecule has 0 aromatic heterocycles. The first kappa shape index (κ1) is 15.0. The Bertz CT molecular complexity index is 785. The molecule has 0 spiro atoms. The van der Waals surface area contributed by atoms with Crippen molar-refractivity contribution in [2.45, 2.75) is 6.04 Å². The molecule has 0 aliphatic rings. The summed E-state index contributed by atoms with van der Waals surface area (Å²) in [7, 11) is 2.01. The molecule has 106 valence electrons. The number of halogens is 2. The molecule has 0 saturated carbocycles. The normalized spacial score (nSPS) is 12.5. The topological polar surface area (TPSA) is 12.0 Å². The highest BCUT2D eigenvalue weighted by Crippen LogP contribution is 2.31. The van der Waals surface area contributed by atoms with Crippen LogP contribution in [-0.2, 0) is 0 Å². The molecule has 1 nitrogen and oxygen atoms in total. The van der Waals surface area contributed by atoms with Gasteiger partial charge in [-0.3, -0.25) is 0 Å². The Hall–Kier alpha value is -0.910. The van der Waals surface area contributed by atoms with Gasteiger partial charge in [0.2, 0.25) is 0 Å². The van der Waals surface area contributed by atoms with Gasteiger partial charge < -0.3 is 5.32 Å². The predicted octanol–water partition coefficient (Wildman–Crippen LogP) is 5.52. The predicted molar refractivity (Wildman–Crippen MR) is 102 cm³/mol. The molecule has 0 bridgehead atoms. The molecule has 3 aromatic carbocycles. The van der Waals surface area contributed by atoms with Crippen LogP contribution in [0.4, 0.5) is 0 Å². The lowest BCUT2D eigenvalue weighted by molar-refractivity contribution is 0.689. The van der Waals surface area contributed by atoms with Crippen LogP contribution in [0, 0.1) is 3.57 Å². The largest absolute Gasteiger partial charge is 0.309 e. The van der Waals surface area contributed by atoms with Crippen molar-refractivity contribution in [1.29, 1.82) is 0 Å². The van der Waals surface area contributed by atoms with Crippen LogP contribution in [0.5, 0.6) is 0 Å². The highest BCUT2D eigenvalue weighted by atomic mass is 127. The Balaban J connectivity index is 2.11. The van der Waals surface area contributed by atoms with E-state index in [2.05, 4.69) is 105 Å². The highest BCUT2D eigenvalue weighted by Gasteiger charge is 2.15. The third-order valence-corrected chi connectivity index (χ3v) is 5.06. The van der Waals surface area contributed by atoms with Gasteiger partial charge in [0.1, 0.15) is 0 Å². The number of nitrogens with one attached hydrogen (secondary N) is 1. The van der Waals surface area contributed by atoms with Crippen molar-refractivity contribution in [1.82, 2.24) is 5.32 Å². The maximum absolute atomic E-state index is 3.68. The van der Waals surface area contributed by atoms with Gasteiger partial charge in [-0.2, -0.15) is 0 Å². The molecule has 0 radical (unpaired) electrons. The molecule has 3 heteroatoms. The van der Waals surface area contributed by atoms with Crippen LogP contribution >= 0.6 is 38.5 Å². The van der Waals surface area contributed by atoms with E-state index in [1.807, 2.05) is 7.05 Å². The number of fused-ring (bicyclic) bond motifs is 1. The maximum atomic E-state index is 3.68. The third-order valence-electron chi connectivity index (χ3n) is 3.66. The Morgan fingerprint density at radius 1 is 0.952 bits per heavy atom. The molecule has 21 heavy (non-hydrogen) atoms. The van der Waals surface area contributed by atoms with Gasteiger partial charge in [-0.05, 0) is 75.8 Å². The molecule has 0 fully saturated rings. The van der Waals surface area contributed by atoms with Crippen LogP contribution in [0.25, 0.3) is 10.8 Å². The first-order valence-corrected chi connectivity index (χ1v) is 8.67.